The van der Waals surface area contributed by atoms with Crippen molar-refractivity contribution < 1.29 is 13.2 Å². The number of benzene rings is 1. The molecule has 0 radical (unpaired) electrons. The molecule has 18 heavy (non-hydrogen) atoms. The van der Waals surface area contributed by atoms with Crippen molar-refractivity contribution >= 4 is 21.4 Å². The van der Waals surface area contributed by atoms with E-state index in [1.165, 1.54) is 0 Å². The van der Waals surface area contributed by atoms with Crippen molar-refractivity contribution in [3.05, 3.63) is 29.8 Å². The van der Waals surface area contributed by atoms with Gasteiger partial charge in [-0.2, -0.15) is 0 Å². The Kier molecular flexibility index (Phi) is 6.03. The van der Waals surface area contributed by atoms with Crippen LogP contribution in [-0.2, 0) is 9.84 Å². The molecule has 1 aromatic rings. The molecular formula is C13H15ClO3S. The van der Waals surface area contributed by atoms with Crippen LogP contribution in [0.2, 0.25) is 0 Å². The Bertz CT molecular complexity index is 541. The quantitative estimate of drug-likeness (QED) is 0.615. The van der Waals surface area contributed by atoms with Crippen molar-refractivity contribution in [1.82, 2.24) is 0 Å². The topological polar surface area (TPSA) is 43.4 Å². The van der Waals surface area contributed by atoms with Crippen LogP contribution in [0.4, 0.5) is 0 Å². The van der Waals surface area contributed by atoms with Crippen LogP contribution < -0.4 is 4.74 Å². The van der Waals surface area contributed by atoms with Gasteiger partial charge in [0.25, 0.3) is 0 Å². The zero-order chi connectivity index (χ0) is 13.4. The van der Waals surface area contributed by atoms with Gasteiger partial charge < -0.3 is 4.74 Å². The van der Waals surface area contributed by atoms with Crippen molar-refractivity contribution in [2.24, 2.45) is 0 Å². The number of rotatable bonds is 5. The fourth-order valence-corrected chi connectivity index (χ4v) is 1.92. The van der Waals surface area contributed by atoms with Crippen molar-refractivity contribution in [1.29, 1.82) is 0 Å². The summed E-state index contributed by atoms with van der Waals surface area (Å²) in [5.41, 5.74) is 0.798. The molecule has 0 fully saturated rings. The molecule has 0 saturated carbocycles. The first-order chi connectivity index (χ1) is 8.57. The Morgan fingerprint density at radius 3 is 2.83 bits per heavy atom. The molecule has 5 heteroatoms. The van der Waals surface area contributed by atoms with E-state index in [1.807, 2.05) is 12.1 Å². The average molecular weight is 287 g/mol. The number of alkyl halides is 1. The van der Waals surface area contributed by atoms with Crippen LogP contribution >= 0.6 is 11.6 Å². The van der Waals surface area contributed by atoms with Gasteiger partial charge in [-0.3, -0.25) is 0 Å². The molecule has 0 aliphatic carbocycles. The predicted octanol–water partition coefficient (Wildman–Crippen LogP) is 2.09. The summed E-state index contributed by atoms with van der Waals surface area (Å²) in [4.78, 5) is 0. The van der Waals surface area contributed by atoms with Crippen LogP contribution in [0, 0.1) is 11.8 Å². The molecule has 0 heterocycles. The van der Waals surface area contributed by atoms with E-state index in [2.05, 4.69) is 11.8 Å². The molecule has 0 atom stereocenters. The van der Waals surface area contributed by atoms with Gasteiger partial charge in [0.1, 0.15) is 12.4 Å². The fraction of sp³-hybridized carbons (Fsp3) is 0.385. The molecule has 1 aromatic carbocycles. The molecule has 1 rings (SSSR count). The molecule has 0 unspecified atom stereocenters. The second-order valence-electron chi connectivity index (χ2n) is 3.55. The maximum absolute atomic E-state index is 11.3. The molecular weight excluding hydrogens is 272 g/mol. The van der Waals surface area contributed by atoms with E-state index in [-0.39, 0.29) is 24.0 Å². The van der Waals surface area contributed by atoms with Crippen LogP contribution in [0.3, 0.4) is 0 Å². The number of sulfone groups is 1. The molecule has 3 nitrogen and oxygen atoms in total. The predicted molar refractivity (Wildman–Crippen MR) is 73.9 cm³/mol. The van der Waals surface area contributed by atoms with Crippen LogP contribution in [0.15, 0.2) is 24.3 Å². The third kappa shape index (κ3) is 5.44. The van der Waals surface area contributed by atoms with Gasteiger partial charge in [0.2, 0.25) is 0 Å². The zero-order valence-electron chi connectivity index (χ0n) is 10.1. The Morgan fingerprint density at radius 2 is 2.17 bits per heavy atom. The van der Waals surface area contributed by atoms with E-state index in [1.54, 1.807) is 19.1 Å². The largest absolute Gasteiger partial charge is 0.492 e. The maximum Gasteiger partial charge on any atom is 0.153 e. The summed E-state index contributed by atoms with van der Waals surface area (Å²) >= 11 is 5.47. The Labute approximate surface area is 113 Å². The lowest BCUT2D eigenvalue weighted by molar-refractivity contribution is 0.341. The van der Waals surface area contributed by atoms with Crippen molar-refractivity contribution in [2.45, 2.75) is 6.92 Å². The van der Waals surface area contributed by atoms with Gasteiger partial charge in [-0.1, -0.05) is 24.8 Å². The highest BCUT2D eigenvalue weighted by Crippen LogP contribution is 2.12. The second-order valence-corrected chi connectivity index (χ2v) is 6.29. The van der Waals surface area contributed by atoms with E-state index in [9.17, 15) is 8.42 Å². The monoisotopic (exact) mass is 286 g/mol. The fourth-order valence-electron chi connectivity index (χ4n) is 1.23. The second kappa shape index (κ2) is 7.30. The summed E-state index contributed by atoms with van der Waals surface area (Å²) in [5, 5.41) is 0. The summed E-state index contributed by atoms with van der Waals surface area (Å²) in [5.74, 6) is 6.67. The molecule has 0 saturated heterocycles. The van der Waals surface area contributed by atoms with Crippen LogP contribution in [0.25, 0.3) is 0 Å². The standard InChI is InChI=1S/C13H15ClO3S/c1-2-18(15,16)10-9-17-13-7-3-5-12(11-13)6-4-8-14/h3,5,7,11H,2,8-10H2,1H3. The number of ether oxygens (including phenoxy) is 1. The summed E-state index contributed by atoms with van der Waals surface area (Å²) in [6.07, 6.45) is 0. The molecule has 0 aliphatic rings. The molecule has 0 amide bonds. The third-order valence-corrected chi connectivity index (χ3v) is 4.04. The third-order valence-electron chi connectivity index (χ3n) is 2.24. The lowest BCUT2D eigenvalue weighted by Gasteiger charge is -2.06. The number of halogens is 1. The smallest absolute Gasteiger partial charge is 0.153 e. The SMILES string of the molecule is CCS(=O)(=O)CCOc1cccc(C#CCCl)c1. The molecule has 0 spiro atoms. The highest BCUT2D eigenvalue weighted by molar-refractivity contribution is 7.91. The van der Waals surface area contributed by atoms with E-state index in [0.29, 0.717) is 5.75 Å². The first kappa shape index (κ1) is 14.9. The number of hydrogen-bond acceptors (Lipinski definition) is 3. The van der Waals surface area contributed by atoms with Gasteiger partial charge >= 0.3 is 0 Å². The Balaban J connectivity index is 2.58. The van der Waals surface area contributed by atoms with Crippen molar-refractivity contribution in [2.75, 3.05) is 24.0 Å². The van der Waals surface area contributed by atoms with Gasteiger partial charge in [0.15, 0.2) is 9.84 Å². The average Bonchev–Trinajstić information content (AvgIpc) is 2.37. The minimum absolute atomic E-state index is 0.0289. The summed E-state index contributed by atoms with van der Waals surface area (Å²) in [7, 11) is -2.98. The van der Waals surface area contributed by atoms with Gasteiger partial charge in [0, 0.05) is 11.3 Å². The molecule has 0 N–H and O–H groups in total. The van der Waals surface area contributed by atoms with E-state index in [0.717, 1.165) is 5.56 Å². The van der Waals surface area contributed by atoms with Gasteiger partial charge in [-0.15, -0.1) is 11.6 Å². The maximum atomic E-state index is 11.3. The van der Waals surface area contributed by atoms with Gasteiger partial charge in [-0.05, 0) is 18.2 Å². The van der Waals surface area contributed by atoms with Crippen LogP contribution in [0.1, 0.15) is 12.5 Å². The highest BCUT2D eigenvalue weighted by Gasteiger charge is 2.07. The van der Waals surface area contributed by atoms with E-state index in [4.69, 9.17) is 16.3 Å². The van der Waals surface area contributed by atoms with Crippen LogP contribution in [0.5, 0.6) is 5.75 Å². The molecule has 0 aliphatic heterocycles. The molecule has 0 bridgehead atoms. The number of hydrogen-bond donors (Lipinski definition) is 0. The van der Waals surface area contributed by atoms with Crippen molar-refractivity contribution in [3.8, 4) is 17.6 Å². The van der Waals surface area contributed by atoms with Gasteiger partial charge in [-0.25, -0.2) is 8.42 Å². The van der Waals surface area contributed by atoms with E-state index < -0.39 is 9.84 Å². The van der Waals surface area contributed by atoms with Crippen molar-refractivity contribution in [3.63, 3.8) is 0 Å². The Hall–Kier alpha value is -1.18. The summed E-state index contributed by atoms with van der Waals surface area (Å²) in [6.45, 7) is 1.78. The Morgan fingerprint density at radius 1 is 1.39 bits per heavy atom. The first-order valence-corrected chi connectivity index (χ1v) is 7.91. The summed E-state index contributed by atoms with van der Waals surface area (Å²) in [6, 6.07) is 7.18. The normalized spacial score (nSPS) is 10.6. The minimum Gasteiger partial charge on any atom is -0.492 e. The summed E-state index contributed by atoms with van der Waals surface area (Å²) < 4.78 is 27.9. The highest BCUT2D eigenvalue weighted by atomic mass is 35.5. The minimum atomic E-state index is -2.98. The van der Waals surface area contributed by atoms with Crippen LogP contribution in [-0.4, -0.2) is 32.4 Å². The first-order valence-electron chi connectivity index (χ1n) is 5.55. The van der Waals surface area contributed by atoms with E-state index >= 15 is 0 Å². The zero-order valence-corrected chi connectivity index (χ0v) is 11.7. The lowest BCUT2D eigenvalue weighted by atomic mass is 10.2. The lowest BCUT2D eigenvalue weighted by Crippen LogP contribution is -2.15. The molecule has 98 valence electrons. The van der Waals surface area contributed by atoms with Gasteiger partial charge in [0.05, 0.1) is 11.6 Å². The molecule has 0 aromatic heterocycles.